The van der Waals surface area contributed by atoms with Crippen LogP contribution < -0.4 is 4.74 Å². The van der Waals surface area contributed by atoms with E-state index >= 15 is 0 Å². The van der Waals surface area contributed by atoms with Gasteiger partial charge in [0, 0.05) is 32.6 Å². The summed E-state index contributed by atoms with van der Waals surface area (Å²) in [5.41, 5.74) is 3.69. The van der Waals surface area contributed by atoms with Crippen molar-refractivity contribution in [2.75, 3.05) is 26.7 Å². The van der Waals surface area contributed by atoms with Crippen LogP contribution in [0.3, 0.4) is 0 Å². The molecule has 2 heterocycles. The number of amides is 2. The quantitative estimate of drug-likeness (QED) is 0.804. The molecule has 5 nitrogen and oxygen atoms in total. The van der Waals surface area contributed by atoms with Gasteiger partial charge in [-0.1, -0.05) is 36.4 Å². The zero-order valence-corrected chi connectivity index (χ0v) is 16.3. The minimum absolute atomic E-state index is 0.0821. The van der Waals surface area contributed by atoms with Crippen molar-refractivity contribution in [2.24, 2.45) is 5.92 Å². The van der Waals surface area contributed by atoms with E-state index in [-0.39, 0.29) is 17.7 Å². The standard InChI is InChI=1S/C23H26N2O3/c1-28-21-8-4-5-17(13-21)9-11-24-16-20(14-22(24)26)23(27)25-12-10-18-6-2-3-7-19(18)15-25/h2-8,13,20H,9-12,14-16H2,1H3. The van der Waals surface area contributed by atoms with Gasteiger partial charge < -0.3 is 14.5 Å². The molecule has 0 radical (unpaired) electrons. The Kier molecular flexibility index (Phi) is 5.33. The van der Waals surface area contributed by atoms with Gasteiger partial charge >= 0.3 is 0 Å². The molecular weight excluding hydrogens is 352 g/mol. The second-order valence-electron chi connectivity index (χ2n) is 7.62. The molecule has 1 saturated heterocycles. The van der Waals surface area contributed by atoms with E-state index in [2.05, 4.69) is 12.1 Å². The van der Waals surface area contributed by atoms with Crippen molar-refractivity contribution in [3.05, 3.63) is 65.2 Å². The summed E-state index contributed by atoms with van der Waals surface area (Å²) < 4.78 is 5.26. The van der Waals surface area contributed by atoms with E-state index in [1.54, 1.807) is 7.11 Å². The number of carbonyl (C=O) groups excluding carboxylic acids is 2. The lowest BCUT2D eigenvalue weighted by Crippen LogP contribution is -2.40. The molecule has 0 bridgehead atoms. The lowest BCUT2D eigenvalue weighted by Gasteiger charge is -2.30. The number of hydrogen-bond donors (Lipinski definition) is 0. The predicted octanol–water partition coefficient (Wildman–Crippen LogP) is 2.67. The SMILES string of the molecule is COc1cccc(CCN2CC(C(=O)N3CCc4ccccc4C3)CC2=O)c1. The average Bonchev–Trinajstić information content (AvgIpc) is 3.12. The molecule has 28 heavy (non-hydrogen) atoms. The van der Waals surface area contributed by atoms with Crippen LogP contribution in [0.1, 0.15) is 23.1 Å². The first-order valence-electron chi connectivity index (χ1n) is 9.90. The number of benzene rings is 2. The molecule has 2 aliphatic rings. The summed E-state index contributed by atoms with van der Waals surface area (Å²) >= 11 is 0. The lowest BCUT2D eigenvalue weighted by atomic mass is 9.98. The van der Waals surface area contributed by atoms with E-state index in [0.717, 1.165) is 30.7 Å². The average molecular weight is 378 g/mol. The Balaban J connectivity index is 1.34. The fraction of sp³-hybridized carbons (Fsp3) is 0.391. The predicted molar refractivity (Wildman–Crippen MR) is 107 cm³/mol. The van der Waals surface area contributed by atoms with E-state index in [1.807, 2.05) is 46.2 Å². The first-order valence-corrected chi connectivity index (χ1v) is 9.90. The van der Waals surface area contributed by atoms with Gasteiger partial charge in [-0.05, 0) is 41.7 Å². The molecule has 1 atom stereocenters. The molecule has 2 aliphatic heterocycles. The maximum absolute atomic E-state index is 13.0. The fourth-order valence-corrected chi connectivity index (χ4v) is 4.19. The van der Waals surface area contributed by atoms with Gasteiger partial charge in [0.1, 0.15) is 5.75 Å². The number of nitrogens with zero attached hydrogens (tertiary/aromatic N) is 2. The smallest absolute Gasteiger partial charge is 0.228 e. The van der Waals surface area contributed by atoms with E-state index in [1.165, 1.54) is 11.1 Å². The molecule has 2 amide bonds. The van der Waals surface area contributed by atoms with Crippen LogP contribution in [0.2, 0.25) is 0 Å². The Morgan fingerprint density at radius 1 is 1.14 bits per heavy atom. The van der Waals surface area contributed by atoms with E-state index in [9.17, 15) is 9.59 Å². The summed E-state index contributed by atoms with van der Waals surface area (Å²) in [4.78, 5) is 29.2. The topological polar surface area (TPSA) is 49.9 Å². The van der Waals surface area contributed by atoms with Crippen LogP contribution >= 0.6 is 0 Å². The summed E-state index contributed by atoms with van der Waals surface area (Å²) in [6.07, 6.45) is 1.98. The van der Waals surface area contributed by atoms with E-state index in [0.29, 0.717) is 26.1 Å². The molecule has 0 aromatic heterocycles. The number of likely N-dealkylation sites (tertiary alicyclic amines) is 1. The van der Waals surface area contributed by atoms with Gasteiger partial charge in [0.25, 0.3) is 0 Å². The molecule has 2 aromatic carbocycles. The molecule has 4 rings (SSSR count). The monoisotopic (exact) mass is 378 g/mol. The van der Waals surface area contributed by atoms with Gasteiger partial charge in [0.15, 0.2) is 0 Å². The highest BCUT2D eigenvalue weighted by atomic mass is 16.5. The Labute approximate surface area is 165 Å². The third kappa shape index (κ3) is 3.88. The molecule has 2 aromatic rings. The zero-order chi connectivity index (χ0) is 19.5. The van der Waals surface area contributed by atoms with Crippen molar-refractivity contribution in [3.8, 4) is 5.75 Å². The number of methoxy groups -OCH3 is 1. The van der Waals surface area contributed by atoms with Crippen LogP contribution in [0.25, 0.3) is 0 Å². The molecule has 0 aliphatic carbocycles. The van der Waals surface area contributed by atoms with Crippen molar-refractivity contribution in [1.29, 1.82) is 0 Å². The van der Waals surface area contributed by atoms with Gasteiger partial charge in [-0.2, -0.15) is 0 Å². The summed E-state index contributed by atoms with van der Waals surface area (Å²) in [7, 11) is 1.65. The summed E-state index contributed by atoms with van der Waals surface area (Å²) in [6.45, 7) is 2.56. The zero-order valence-electron chi connectivity index (χ0n) is 16.3. The third-order valence-corrected chi connectivity index (χ3v) is 5.81. The normalized spacial score (nSPS) is 18.9. The fourth-order valence-electron chi connectivity index (χ4n) is 4.19. The third-order valence-electron chi connectivity index (χ3n) is 5.81. The first-order chi connectivity index (χ1) is 13.6. The number of ether oxygens (including phenoxy) is 1. The molecule has 1 unspecified atom stereocenters. The van der Waals surface area contributed by atoms with E-state index in [4.69, 9.17) is 4.74 Å². The molecule has 1 fully saturated rings. The Hall–Kier alpha value is -2.82. The summed E-state index contributed by atoms with van der Waals surface area (Å²) in [5, 5.41) is 0. The van der Waals surface area contributed by atoms with E-state index < -0.39 is 0 Å². The van der Waals surface area contributed by atoms with Crippen LogP contribution in [0.4, 0.5) is 0 Å². The van der Waals surface area contributed by atoms with Crippen molar-refractivity contribution in [3.63, 3.8) is 0 Å². The van der Waals surface area contributed by atoms with Crippen LogP contribution in [0.15, 0.2) is 48.5 Å². The van der Waals surface area contributed by atoms with Crippen LogP contribution in [0.5, 0.6) is 5.75 Å². The Morgan fingerprint density at radius 2 is 1.96 bits per heavy atom. The minimum atomic E-state index is -0.219. The highest BCUT2D eigenvalue weighted by Gasteiger charge is 2.36. The van der Waals surface area contributed by atoms with Gasteiger partial charge in [-0.15, -0.1) is 0 Å². The van der Waals surface area contributed by atoms with Crippen molar-refractivity contribution < 1.29 is 14.3 Å². The van der Waals surface area contributed by atoms with Crippen molar-refractivity contribution >= 4 is 11.8 Å². The second kappa shape index (κ2) is 8.05. The summed E-state index contributed by atoms with van der Waals surface area (Å²) in [5.74, 6) is 0.803. The van der Waals surface area contributed by atoms with Crippen molar-refractivity contribution in [2.45, 2.75) is 25.8 Å². The molecule has 0 saturated carbocycles. The molecule has 5 heteroatoms. The highest BCUT2D eigenvalue weighted by Crippen LogP contribution is 2.25. The van der Waals surface area contributed by atoms with Gasteiger partial charge in [0.2, 0.25) is 11.8 Å². The highest BCUT2D eigenvalue weighted by molar-refractivity contribution is 5.89. The Bertz CT molecular complexity index is 880. The van der Waals surface area contributed by atoms with Crippen LogP contribution in [-0.4, -0.2) is 48.4 Å². The minimum Gasteiger partial charge on any atom is -0.497 e. The summed E-state index contributed by atoms with van der Waals surface area (Å²) in [6, 6.07) is 16.2. The maximum atomic E-state index is 13.0. The number of hydrogen-bond acceptors (Lipinski definition) is 3. The molecule has 0 spiro atoms. The van der Waals surface area contributed by atoms with Gasteiger partial charge in [-0.25, -0.2) is 0 Å². The molecule has 0 N–H and O–H groups in total. The number of rotatable bonds is 5. The lowest BCUT2D eigenvalue weighted by molar-refractivity contribution is -0.136. The van der Waals surface area contributed by atoms with Gasteiger partial charge in [0.05, 0.1) is 13.0 Å². The number of fused-ring (bicyclic) bond motifs is 1. The largest absolute Gasteiger partial charge is 0.497 e. The maximum Gasteiger partial charge on any atom is 0.228 e. The second-order valence-corrected chi connectivity index (χ2v) is 7.62. The molecule has 146 valence electrons. The van der Waals surface area contributed by atoms with Crippen LogP contribution in [0, 0.1) is 5.92 Å². The Morgan fingerprint density at radius 3 is 2.79 bits per heavy atom. The van der Waals surface area contributed by atoms with Crippen molar-refractivity contribution in [1.82, 2.24) is 9.80 Å². The van der Waals surface area contributed by atoms with Gasteiger partial charge in [-0.3, -0.25) is 9.59 Å². The number of carbonyl (C=O) groups is 2. The molecular formula is C23H26N2O3. The first kappa shape index (κ1) is 18.5. The van der Waals surface area contributed by atoms with Crippen LogP contribution in [-0.2, 0) is 29.0 Å².